The zero-order valence-corrected chi connectivity index (χ0v) is 11.6. The third kappa shape index (κ3) is 2.61. The van der Waals surface area contributed by atoms with Gasteiger partial charge in [0.25, 0.3) is 0 Å². The molecule has 0 amide bonds. The fourth-order valence-electron chi connectivity index (χ4n) is 2.06. The van der Waals surface area contributed by atoms with E-state index < -0.39 is 0 Å². The van der Waals surface area contributed by atoms with Gasteiger partial charge < -0.3 is 0 Å². The summed E-state index contributed by atoms with van der Waals surface area (Å²) < 4.78 is 0. The maximum Gasteiger partial charge on any atom is 0.107 e. The van der Waals surface area contributed by atoms with Gasteiger partial charge >= 0.3 is 0 Å². The number of benzene rings is 2. The highest BCUT2D eigenvalue weighted by Gasteiger charge is 2.04. The van der Waals surface area contributed by atoms with Gasteiger partial charge in [-0.3, -0.25) is 0 Å². The molecule has 0 unspecified atom stereocenters. The van der Waals surface area contributed by atoms with Crippen molar-refractivity contribution in [2.45, 2.75) is 6.42 Å². The van der Waals surface area contributed by atoms with Gasteiger partial charge in [-0.2, -0.15) is 5.26 Å². The molecule has 0 fully saturated rings. The van der Waals surface area contributed by atoms with Crippen molar-refractivity contribution in [3.8, 4) is 28.5 Å². The molecule has 1 heterocycles. The normalized spacial score (nSPS) is 10.2. The topological polar surface area (TPSA) is 36.7 Å². The van der Waals surface area contributed by atoms with E-state index in [0.29, 0.717) is 6.42 Å². The van der Waals surface area contributed by atoms with E-state index in [0.717, 1.165) is 16.3 Å². The standard InChI is InChI=1S/C17H12N2S/c18-11-10-17-19-16(12-20-17)15-8-6-14(7-9-15)13-4-2-1-3-5-13/h1-9,12H,10H2. The highest BCUT2D eigenvalue weighted by molar-refractivity contribution is 7.10. The fraction of sp³-hybridized carbons (Fsp3) is 0.0588. The molecule has 0 aliphatic rings. The molecule has 96 valence electrons. The summed E-state index contributed by atoms with van der Waals surface area (Å²) in [6.45, 7) is 0. The molecule has 0 atom stereocenters. The molecule has 20 heavy (non-hydrogen) atoms. The number of thiazole rings is 1. The van der Waals surface area contributed by atoms with E-state index in [9.17, 15) is 0 Å². The Bertz CT molecular complexity index is 737. The maximum atomic E-state index is 8.68. The lowest BCUT2D eigenvalue weighted by Crippen LogP contribution is -1.82. The van der Waals surface area contributed by atoms with E-state index in [1.54, 1.807) is 0 Å². The second-order valence-corrected chi connectivity index (χ2v) is 5.35. The van der Waals surface area contributed by atoms with Gasteiger partial charge in [-0.15, -0.1) is 11.3 Å². The van der Waals surface area contributed by atoms with Gasteiger partial charge in [-0.25, -0.2) is 4.98 Å². The molecule has 3 heteroatoms. The zero-order chi connectivity index (χ0) is 13.8. The Morgan fingerprint density at radius 1 is 0.900 bits per heavy atom. The summed E-state index contributed by atoms with van der Waals surface area (Å²) in [6, 6.07) is 20.8. The summed E-state index contributed by atoms with van der Waals surface area (Å²) >= 11 is 1.54. The summed E-state index contributed by atoms with van der Waals surface area (Å²) in [5, 5.41) is 11.6. The first-order valence-electron chi connectivity index (χ1n) is 6.34. The molecule has 0 aliphatic carbocycles. The van der Waals surface area contributed by atoms with Crippen LogP contribution in [0.1, 0.15) is 5.01 Å². The lowest BCUT2D eigenvalue weighted by Gasteiger charge is -2.02. The van der Waals surface area contributed by atoms with Crippen LogP contribution in [0, 0.1) is 11.3 Å². The molecule has 0 saturated heterocycles. The Kier molecular flexibility index (Phi) is 3.58. The van der Waals surface area contributed by atoms with Crippen LogP contribution in [-0.4, -0.2) is 4.98 Å². The molecule has 1 aromatic heterocycles. The highest BCUT2D eigenvalue weighted by Crippen LogP contribution is 2.25. The second kappa shape index (κ2) is 5.68. The van der Waals surface area contributed by atoms with Crippen molar-refractivity contribution < 1.29 is 0 Å². The molecule has 3 rings (SSSR count). The van der Waals surface area contributed by atoms with Crippen LogP contribution in [0.4, 0.5) is 0 Å². The first kappa shape index (κ1) is 12.6. The van der Waals surface area contributed by atoms with E-state index in [2.05, 4.69) is 47.5 Å². The Morgan fingerprint density at radius 3 is 2.25 bits per heavy atom. The molecule has 0 N–H and O–H groups in total. The van der Waals surface area contributed by atoms with Crippen LogP contribution in [0.5, 0.6) is 0 Å². The summed E-state index contributed by atoms with van der Waals surface area (Å²) in [6.07, 6.45) is 0.382. The SMILES string of the molecule is N#CCc1nc(-c2ccc(-c3ccccc3)cc2)cs1. The summed E-state index contributed by atoms with van der Waals surface area (Å²) in [7, 11) is 0. The summed E-state index contributed by atoms with van der Waals surface area (Å²) in [4.78, 5) is 4.47. The van der Waals surface area contributed by atoms with Crippen molar-refractivity contribution in [1.82, 2.24) is 4.98 Å². The minimum atomic E-state index is 0.382. The average molecular weight is 276 g/mol. The molecular formula is C17H12N2S. The third-order valence-electron chi connectivity index (χ3n) is 3.07. The predicted molar refractivity (Wildman–Crippen MR) is 82.3 cm³/mol. The molecule has 0 bridgehead atoms. The first-order chi connectivity index (χ1) is 9.86. The van der Waals surface area contributed by atoms with Crippen LogP contribution in [-0.2, 0) is 6.42 Å². The van der Waals surface area contributed by atoms with Gasteiger partial charge in [-0.1, -0.05) is 54.6 Å². The molecule has 0 spiro atoms. The molecule has 3 aromatic rings. The number of aromatic nitrogens is 1. The number of hydrogen-bond acceptors (Lipinski definition) is 3. The van der Waals surface area contributed by atoms with Crippen molar-refractivity contribution in [3.05, 3.63) is 65.0 Å². The number of nitrogens with zero attached hydrogens (tertiary/aromatic N) is 2. The first-order valence-corrected chi connectivity index (χ1v) is 7.22. The van der Waals surface area contributed by atoms with Gasteiger partial charge in [-0.05, 0) is 11.1 Å². The van der Waals surface area contributed by atoms with Crippen LogP contribution in [0.25, 0.3) is 22.4 Å². The Hall–Kier alpha value is -2.44. The zero-order valence-electron chi connectivity index (χ0n) is 10.8. The Balaban J connectivity index is 1.87. The van der Waals surface area contributed by atoms with Crippen LogP contribution >= 0.6 is 11.3 Å². The van der Waals surface area contributed by atoms with Crippen LogP contribution < -0.4 is 0 Å². The van der Waals surface area contributed by atoms with Gasteiger partial charge in [0.1, 0.15) is 5.01 Å². The van der Waals surface area contributed by atoms with Crippen LogP contribution in [0.2, 0.25) is 0 Å². The summed E-state index contributed by atoms with van der Waals surface area (Å²) in [5.41, 5.74) is 4.44. The van der Waals surface area contributed by atoms with Crippen molar-refractivity contribution in [1.29, 1.82) is 5.26 Å². The minimum Gasteiger partial charge on any atom is -0.240 e. The molecule has 0 aliphatic heterocycles. The second-order valence-electron chi connectivity index (χ2n) is 4.40. The molecule has 0 saturated carbocycles. The predicted octanol–water partition coefficient (Wildman–Crippen LogP) is 4.54. The molecule has 2 aromatic carbocycles. The van der Waals surface area contributed by atoms with Crippen molar-refractivity contribution in [2.24, 2.45) is 0 Å². The van der Waals surface area contributed by atoms with Gasteiger partial charge in [0.15, 0.2) is 0 Å². The lowest BCUT2D eigenvalue weighted by molar-refractivity contribution is 1.19. The minimum absolute atomic E-state index is 0.382. The van der Waals surface area contributed by atoms with Crippen LogP contribution in [0.15, 0.2) is 60.0 Å². The van der Waals surface area contributed by atoms with E-state index in [4.69, 9.17) is 5.26 Å². The van der Waals surface area contributed by atoms with Gasteiger partial charge in [0, 0.05) is 10.9 Å². The highest BCUT2D eigenvalue weighted by atomic mass is 32.1. The lowest BCUT2D eigenvalue weighted by atomic mass is 10.0. The Morgan fingerprint density at radius 2 is 1.55 bits per heavy atom. The summed E-state index contributed by atoms with van der Waals surface area (Å²) in [5.74, 6) is 0. The number of hydrogen-bond donors (Lipinski definition) is 0. The van der Waals surface area contributed by atoms with E-state index in [-0.39, 0.29) is 0 Å². The van der Waals surface area contributed by atoms with E-state index in [1.165, 1.54) is 22.5 Å². The largest absolute Gasteiger partial charge is 0.240 e. The monoisotopic (exact) mass is 276 g/mol. The van der Waals surface area contributed by atoms with Crippen molar-refractivity contribution >= 4 is 11.3 Å². The van der Waals surface area contributed by atoms with E-state index >= 15 is 0 Å². The van der Waals surface area contributed by atoms with Gasteiger partial charge in [0.05, 0.1) is 18.2 Å². The Labute approximate surface area is 122 Å². The van der Waals surface area contributed by atoms with Crippen molar-refractivity contribution in [3.63, 3.8) is 0 Å². The smallest absolute Gasteiger partial charge is 0.107 e. The van der Waals surface area contributed by atoms with Crippen LogP contribution in [0.3, 0.4) is 0 Å². The number of rotatable bonds is 3. The molecule has 2 nitrogen and oxygen atoms in total. The molecule has 0 radical (unpaired) electrons. The average Bonchev–Trinajstić information content (AvgIpc) is 2.97. The van der Waals surface area contributed by atoms with Gasteiger partial charge in [0.2, 0.25) is 0 Å². The number of nitriles is 1. The van der Waals surface area contributed by atoms with E-state index in [1.807, 2.05) is 23.6 Å². The third-order valence-corrected chi connectivity index (χ3v) is 3.92. The molecular weight excluding hydrogens is 264 g/mol. The van der Waals surface area contributed by atoms with Crippen molar-refractivity contribution in [2.75, 3.05) is 0 Å². The fourth-order valence-corrected chi connectivity index (χ4v) is 2.79. The maximum absolute atomic E-state index is 8.68. The quantitative estimate of drug-likeness (QED) is 0.704.